The third kappa shape index (κ3) is 2.58. The zero-order valence-corrected chi connectivity index (χ0v) is 15.2. The maximum absolute atomic E-state index is 2.36. The lowest BCUT2D eigenvalue weighted by Crippen LogP contribution is -2.24. The lowest BCUT2D eigenvalue weighted by molar-refractivity contribution is 1.13. The molecule has 0 N–H and O–H groups in total. The second-order valence-electron chi connectivity index (χ2n) is 6.79. The summed E-state index contributed by atoms with van der Waals surface area (Å²) >= 11 is 0. The third-order valence-electron chi connectivity index (χ3n) is 5.18. The van der Waals surface area contributed by atoms with Gasteiger partial charge in [0.15, 0.2) is 0 Å². The summed E-state index contributed by atoms with van der Waals surface area (Å²) in [7, 11) is 2.14. The average Bonchev–Trinajstić information content (AvgIpc) is 2.75. The zero-order valence-electron chi connectivity index (χ0n) is 15.2. The van der Waals surface area contributed by atoms with Crippen molar-refractivity contribution < 1.29 is 0 Å². The molecule has 0 atom stereocenters. The van der Waals surface area contributed by atoms with Crippen molar-refractivity contribution in [1.82, 2.24) is 0 Å². The van der Waals surface area contributed by atoms with Gasteiger partial charge in [0, 0.05) is 12.7 Å². The van der Waals surface area contributed by atoms with Gasteiger partial charge in [-0.25, -0.2) is 0 Å². The minimum atomic E-state index is 1.17. The number of fused-ring (bicyclic) bond motifs is 2. The molecule has 0 aromatic heterocycles. The van der Waals surface area contributed by atoms with Gasteiger partial charge in [0.05, 0.1) is 22.7 Å². The summed E-state index contributed by atoms with van der Waals surface area (Å²) in [5.41, 5.74) is 8.44. The predicted molar refractivity (Wildman–Crippen MR) is 115 cm³/mol. The van der Waals surface area contributed by atoms with Crippen LogP contribution in [0.15, 0.2) is 103 Å². The van der Waals surface area contributed by atoms with Gasteiger partial charge < -0.3 is 9.80 Å². The van der Waals surface area contributed by atoms with Crippen molar-refractivity contribution in [1.29, 1.82) is 0 Å². The Kier molecular flexibility index (Phi) is 3.68. The highest BCUT2D eigenvalue weighted by Gasteiger charge is 2.27. The summed E-state index contributed by atoms with van der Waals surface area (Å²) < 4.78 is 0. The van der Waals surface area contributed by atoms with E-state index in [1.807, 2.05) is 0 Å². The van der Waals surface area contributed by atoms with Crippen LogP contribution in [0.1, 0.15) is 0 Å². The summed E-state index contributed by atoms with van der Waals surface area (Å²) in [4.78, 5) is 4.63. The van der Waals surface area contributed by atoms with E-state index in [1.54, 1.807) is 0 Å². The van der Waals surface area contributed by atoms with Crippen LogP contribution in [-0.2, 0) is 0 Å². The summed E-state index contributed by atoms with van der Waals surface area (Å²) in [6.07, 6.45) is 0. The molecular formula is C25H20N2. The van der Waals surface area contributed by atoms with E-state index in [9.17, 15) is 0 Å². The molecule has 2 heteroatoms. The summed E-state index contributed by atoms with van der Waals surface area (Å²) in [5, 5.41) is 0. The Labute approximate surface area is 159 Å². The normalized spacial score (nSPS) is 12.5. The molecule has 4 aromatic carbocycles. The minimum absolute atomic E-state index is 1.17. The summed E-state index contributed by atoms with van der Waals surface area (Å²) in [6, 6.07) is 36.5. The number of nitrogens with zero attached hydrogens (tertiary/aromatic N) is 2. The van der Waals surface area contributed by atoms with Gasteiger partial charge in [-0.15, -0.1) is 0 Å². The number of rotatable bonds is 2. The van der Waals surface area contributed by atoms with Crippen molar-refractivity contribution in [3.8, 4) is 11.1 Å². The minimum Gasteiger partial charge on any atom is -0.341 e. The monoisotopic (exact) mass is 348 g/mol. The lowest BCUT2D eigenvalue weighted by atomic mass is 10.0. The molecule has 0 radical (unpaired) electrons. The van der Waals surface area contributed by atoms with E-state index in [-0.39, 0.29) is 0 Å². The van der Waals surface area contributed by atoms with E-state index in [0.29, 0.717) is 0 Å². The van der Waals surface area contributed by atoms with Crippen LogP contribution in [0, 0.1) is 0 Å². The van der Waals surface area contributed by atoms with Crippen molar-refractivity contribution in [2.24, 2.45) is 0 Å². The zero-order chi connectivity index (χ0) is 18.2. The Morgan fingerprint density at radius 2 is 1.07 bits per heavy atom. The van der Waals surface area contributed by atoms with Crippen molar-refractivity contribution in [3.63, 3.8) is 0 Å². The van der Waals surface area contributed by atoms with Crippen LogP contribution < -0.4 is 9.80 Å². The highest BCUT2D eigenvalue weighted by molar-refractivity contribution is 5.98. The molecule has 4 aromatic rings. The molecule has 0 aliphatic carbocycles. The SMILES string of the molecule is CN1c2ccccc2N(c2ccccc2)c2cc(-c3ccccc3)ccc21. The van der Waals surface area contributed by atoms with Gasteiger partial charge in [-0.1, -0.05) is 66.7 Å². The van der Waals surface area contributed by atoms with Crippen LogP contribution in [0.3, 0.4) is 0 Å². The number of para-hydroxylation sites is 3. The molecule has 1 heterocycles. The first kappa shape index (κ1) is 15.7. The maximum atomic E-state index is 2.36. The van der Waals surface area contributed by atoms with Gasteiger partial charge in [-0.3, -0.25) is 0 Å². The molecule has 1 aliphatic rings. The van der Waals surface area contributed by atoms with Gasteiger partial charge >= 0.3 is 0 Å². The van der Waals surface area contributed by atoms with Gasteiger partial charge in [-0.2, -0.15) is 0 Å². The quantitative estimate of drug-likeness (QED) is 0.388. The fourth-order valence-corrected chi connectivity index (χ4v) is 3.85. The van der Waals surface area contributed by atoms with E-state index in [0.717, 1.165) is 0 Å². The van der Waals surface area contributed by atoms with Gasteiger partial charge in [0.2, 0.25) is 0 Å². The second kappa shape index (κ2) is 6.33. The summed E-state index contributed by atoms with van der Waals surface area (Å²) in [6.45, 7) is 0. The largest absolute Gasteiger partial charge is 0.341 e. The van der Waals surface area contributed by atoms with Gasteiger partial charge in [0.1, 0.15) is 0 Å². The first-order valence-electron chi connectivity index (χ1n) is 9.20. The van der Waals surface area contributed by atoms with Crippen LogP contribution in [0.2, 0.25) is 0 Å². The number of anilines is 5. The first-order chi connectivity index (χ1) is 13.3. The van der Waals surface area contributed by atoms with E-state index >= 15 is 0 Å². The van der Waals surface area contributed by atoms with Crippen LogP contribution in [-0.4, -0.2) is 7.05 Å². The Morgan fingerprint density at radius 3 is 1.81 bits per heavy atom. The molecule has 0 fully saturated rings. The molecule has 0 amide bonds. The highest BCUT2D eigenvalue weighted by atomic mass is 15.3. The molecule has 2 nitrogen and oxygen atoms in total. The standard InChI is InChI=1S/C25H20N2/c1-26-22-14-8-9-15-24(22)27(21-12-6-3-7-13-21)25-18-20(16-17-23(25)26)19-10-4-2-5-11-19/h2-18H,1H3. The molecule has 0 unspecified atom stereocenters. The van der Waals surface area contributed by atoms with Crippen molar-refractivity contribution in [2.45, 2.75) is 0 Å². The van der Waals surface area contributed by atoms with Crippen molar-refractivity contribution >= 4 is 28.4 Å². The Bertz CT molecular complexity index is 1090. The topological polar surface area (TPSA) is 6.48 Å². The Balaban J connectivity index is 1.75. The average molecular weight is 348 g/mol. The van der Waals surface area contributed by atoms with E-state index in [2.05, 4.69) is 120 Å². The smallest absolute Gasteiger partial charge is 0.0705 e. The molecule has 27 heavy (non-hydrogen) atoms. The molecule has 0 saturated heterocycles. The molecule has 130 valence electrons. The highest BCUT2D eigenvalue weighted by Crippen LogP contribution is 2.51. The van der Waals surface area contributed by atoms with Crippen LogP contribution in [0.4, 0.5) is 28.4 Å². The van der Waals surface area contributed by atoms with Crippen LogP contribution in [0.5, 0.6) is 0 Å². The van der Waals surface area contributed by atoms with E-state index in [1.165, 1.54) is 39.6 Å². The molecular weight excluding hydrogens is 328 g/mol. The molecule has 0 bridgehead atoms. The molecule has 1 aliphatic heterocycles. The van der Waals surface area contributed by atoms with Gasteiger partial charge in [0.25, 0.3) is 0 Å². The van der Waals surface area contributed by atoms with Crippen molar-refractivity contribution in [3.05, 3.63) is 103 Å². The molecule has 0 saturated carbocycles. The number of hydrogen-bond acceptors (Lipinski definition) is 2. The van der Waals surface area contributed by atoms with Gasteiger partial charge in [-0.05, 0) is 47.5 Å². The van der Waals surface area contributed by atoms with Crippen LogP contribution in [0.25, 0.3) is 11.1 Å². The molecule has 0 spiro atoms. The maximum Gasteiger partial charge on any atom is 0.0705 e. The lowest BCUT2D eigenvalue weighted by Gasteiger charge is -2.38. The van der Waals surface area contributed by atoms with E-state index in [4.69, 9.17) is 0 Å². The van der Waals surface area contributed by atoms with E-state index < -0.39 is 0 Å². The first-order valence-corrected chi connectivity index (χ1v) is 9.20. The number of hydrogen-bond donors (Lipinski definition) is 0. The van der Waals surface area contributed by atoms with Crippen molar-refractivity contribution in [2.75, 3.05) is 16.8 Å². The third-order valence-corrected chi connectivity index (χ3v) is 5.18. The fourth-order valence-electron chi connectivity index (χ4n) is 3.85. The summed E-state index contributed by atoms with van der Waals surface area (Å²) in [5.74, 6) is 0. The number of benzene rings is 4. The fraction of sp³-hybridized carbons (Fsp3) is 0.0400. The predicted octanol–water partition coefficient (Wildman–Crippen LogP) is 6.90. The Hall–Kier alpha value is -3.52. The Morgan fingerprint density at radius 1 is 0.481 bits per heavy atom. The van der Waals surface area contributed by atoms with Crippen LogP contribution >= 0.6 is 0 Å². The second-order valence-corrected chi connectivity index (χ2v) is 6.79. The molecule has 5 rings (SSSR count).